The minimum Gasteiger partial charge on any atom is -0.462 e. The van der Waals surface area contributed by atoms with Gasteiger partial charge in [-0.1, -0.05) is 0 Å². The predicted octanol–water partition coefficient (Wildman–Crippen LogP) is 0.526. The number of fused-ring (bicyclic) bond motifs is 2. The molecule has 1 saturated heterocycles. The summed E-state index contributed by atoms with van der Waals surface area (Å²) >= 11 is 0. The number of carbonyl (C=O) groups excluding carboxylic acids is 1. The molecule has 0 aromatic rings. The molecule has 1 heterocycles. The maximum Gasteiger partial charge on any atom is 0.309 e. The second-order valence-corrected chi connectivity index (χ2v) is 2.37. The molecule has 8 heavy (non-hydrogen) atoms. The van der Waals surface area contributed by atoms with E-state index in [1.165, 1.54) is 0 Å². The van der Waals surface area contributed by atoms with Crippen molar-refractivity contribution in [2.75, 3.05) is 0 Å². The molecule has 2 fully saturated rings. The predicted molar refractivity (Wildman–Crippen MR) is 26.9 cm³/mol. The molecule has 0 N–H and O–H groups in total. The first kappa shape index (κ1) is 4.36. The van der Waals surface area contributed by atoms with Gasteiger partial charge in [0, 0.05) is 0 Å². The Morgan fingerprint density at radius 3 is 2.88 bits per heavy atom. The van der Waals surface area contributed by atoms with Gasteiger partial charge < -0.3 is 4.74 Å². The minimum atomic E-state index is -0.0127. The normalized spacial score (nSPS) is 42.8. The third-order valence-corrected chi connectivity index (χ3v) is 1.79. The molecule has 43 valence electrons. The number of carbonyl (C=O) groups is 1. The Labute approximate surface area is 47.8 Å². The van der Waals surface area contributed by atoms with Crippen molar-refractivity contribution in [1.29, 1.82) is 0 Å². The van der Waals surface area contributed by atoms with E-state index in [0.29, 0.717) is 0 Å². The highest BCUT2D eigenvalue weighted by Gasteiger charge is 2.40. The highest BCUT2D eigenvalue weighted by molar-refractivity contribution is 5.77. The number of esters is 1. The Balaban J connectivity index is 2.22. The molecule has 2 rings (SSSR count). The molecule has 2 aliphatic rings. The quantitative estimate of drug-likeness (QED) is 0.426. The van der Waals surface area contributed by atoms with Crippen molar-refractivity contribution in [3.05, 3.63) is 6.42 Å². The summed E-state index contributed by atoms with van der Waals surface area (Å²) in [5.74, 6) is 0.140. The molecule has 0 amide bonds. The van der Waals surface area contributed by atoms with Crippen LogP contribution in [0.5, 0.6) is 0 Å². The number of hydrogen-bond donors (Lipinski definition) is 0. The molecule has 2 bridgehead atoms. The van der Waals surface area contributed by atoms with Crippen molar-refractivity contribution in [1.82, 2.24) is 0 Å². The molecule has 0 aromatic heterocycles. The average Bonchev–Trinajstić information content (AvgIpc) is 2.23. The molecule has 2 heteroatoms. The summed E-state index contributed by atoms with van der Waals surface area (Å²) in [7, 11) is 0. The van der Waals surface area contributed by atoms with Crippen LogP contribution >= 0.6 is 0 Å². The zero-order valence-electron chi connectivity index (χ0n) is 4.46. The van der Waals surface area contributed by atoms with Crippen LogP contribution in [0.4, 0.5) is 0 Å². The Bertz CT molecular complexity index is 130. The van der Waals surface area contributed by atoms with Gasteiger partial charge in [-0.05, 0) is 19.3 Å². The first-order valence-electron chi connectivity index (χ1n) is 2.90. The molecular formula is C6H7O2. The van der Waals surface area contributed by atoms with Gasteiger partial charge in [0.05, 0.1) is 5.92 Å². The molecule has 2 atom stereocenters. The molecule has 2 unspecified atom stereocenters. The van der Waals surface area contributed by atoms with Crippen LogP contribution in [-0.2, 0) is 9.53 Å². The van der Waals surface area contributed by atoms with Crippen molar-refractivity contribution in [3.63, 3.8) is 0 Å². The van der Waals surface area contributed by atoms with E-state index < -0.39 is 0 Å². The van der Waals surface area contributed by atoms with Gasteiger partial charge in [-0.3, -0.25) is 4.79 Å². The topological polar surface area (TPSA) is 26.3 Å². The molecule has 2 nitrogen and oxygen atoms in total. The van der Waals surface area contributed by atoms with E-state index in [2.05, 4.69) is 6.42 Å². The summed E-state index contributed by atoms with van der Waals surface area (Å²) in [5.41, 5.74) is 0. The summed E-state index contributed by atoms with van der Waals surface area (Å²) < 4.78 is 4.89. The molecule has 1 saturated carbocycles. The van der Waals surface area contributed by atoms with Gasteiger partial charge in [0.2, 0.25) is 0 Å². The van der Waals surface area contributed by atoms with Crippen LogP contribution < -0.4 is 0 Å². The van der Waals surface area contributed by atoms with E-state index in [1.54, 1.807) is 0 Å². The fraction of sp³-hybridized carbons (Fsp3) is 0.667. The van der Waals surface area contributed by atoms with Crippen molar-refractivity contribution < 1.29 is 9.53 Å². The van der Waals surface area contributed by atoms with Gasteiger partial charge >= 0.3 is 5.97 Å². The number of ether oxygens (including phenoxy) is 1. The van der Waals surface area contributed by atoms with Crippen LogP contribution in [0.15, 0.2) is 0 Å². The molecule has 1 radical (unpaired) electrons. The molecular weight excluding hydrogens is 104 g/mol. The van der Waals surface area contributed by atoms with Crippen molar-refractivity contribution in [2.45, 2.75) is 18.9 Å². The lowest BCUT2D eigenvalue weighted by Crippen LogP contribution is -2.13. The third kappa shape index (κ3) is 0.403. The van der Waals surface area contributed by atoms with Crippen LogP contribution in [0.2, 0.25) is 0 Å². The van der Waals surface area contributed by atoms with Crippen molar-refractivity contribution >= 4 is 5.97 Å². The Kier molecular flexibility index (Phi) is 0.678. The summed E-state index contributed by atoms with van der Waals surface area (Å²) in [6, 6.07) is 0. The largest absolute Gasteiger partial charge is 0.462 e. The van der Waals surface area contributed by atoms with Crippen LogP contribution in [0.25, 0.3) is 0 Å². The van der Waals surface area contributed by atoms with Crippen LogP contribution in [-0.4, -0.2) is 12.1 Å². The fourth-order valence-corrected chi connectivity index (χ4v) is 1.33. The van der Waals surface area contributed by atoms with E-state index in [0.717, 1.165) is 12.8 Å². The minimum absolute atomic E-state index is 0.0127. The van der Waals surface area contributed by atoms with Gasteiger partial charge in [-0.25, -0.2) is 0 Å². The van der Waals surface area contributed by atoms with E-state index in [1.807, 2.05) is 0 Å². The van der Waals surface area contributed by atoms with E-state index in [-0.39, 0.29) is 18.0 Å². The van der Waals surface area contributed by atoms with E-state index >= 15 is 0 Å². The average molecular weight is 111 g/mol. The highest BCUT2D eigenvalue weighted by Crippen LogP contribution is 2.34. The van der Waals surface area contributed by atoms with Crippen molar-refractivity contribution in [3.8, 4) is 0 Å². The molecule has 0 aromatic carbocycles. The SMILES string of the molecule is O=C1OC2C[CH]C1C2. The Hall–Kier alpha value is -0.530. The summed E-state index contributed by atoms with van der Waals surface area (Å²) in [6.07, 6.45) is 4.22. The number of rotatable bonds is 0. The smallest absolute Gasteiger partial charge is 0.309 e. The standard InChI is InChI=1S/C6H7O2/c7-6-4-1-2-5(3-4)8-6/h1,4-5H,2-3H2. The van der Waals surface area contributed by atoms with Gasteiger partial charge in [0.1, 0.15) is 6.10 Å². The molecule has 0 spiro atoms. The summed E-state index contributed by atoms with van der Waals surface area (Å²) in [5, 5.41) is 0. The summed E-state index contributed by atoms with van der Waals surface area (Å²) in [6.45, 7) is 0. The lowest BCUT2D eigenvalue weighted by molar-refractivity contribution is -0.145. The maximum absolute atomic E-state index is 10.6. The summed E-state index contributed by atoms with van der Waals surface area (Å²) in [4.78, 5) is 10.6. The monoisotopic (exact) mass is 111 g/mol. The first-order chi connectivity index (χ1) is 3.86. The molecule has 1 aliphatic carbocycles. The zero-order valence-corrected chi connectivity index (χ0v) is 4.46. The van der Waals surface area contributed by atoms with E-state index in [9.17, 15) is 4.79 Å². The van der Waals surface area contributed by atoms with Gasteiger partial charge in [0.15, 0.2) is 0 Å². The van der Waals surface area contributed by atoms with Crippen LogP contribution in [0.3, 0.4) is 0 Å². The Morgan fingerprint density at radius 1 is 1.75 bits per heavy atom. The first-order valence-corrected chi connectivity index (χ1v) is 2.90. The van der Waals surface area contributed by atoms with Crippen LogP contribution in [0.1, 0.15) is 12.8 Å². The van der Waals surface area contributed by atoms with Gasteiger partial charge in [0.25, 0.3) is 0 Å². The van der Waals surface area contributed by atoms with Crippen molar-refractivity contribution in [2.24, 2.45) is 5.92 Å². The third-order valence-electron chi connectivity index (χ3n) is 1.79. The lowest BCUT2D eigenvalue weighted by Gasteiger charge is -2.07. The lowest BCUT2D eigenvalue weighted by atomic mass is 10.1. The highest BCUT2D eigenvalue weighted by atomic mass is 16.6. The molecule has 1 aliphatic heterocycles. The van der Waals surface area contributed by atoms with Crippen LogP contribution in [0, 0.1) is 12.3 Å². The second kappa shape index (κ2) is 1.24. The zero-order chi connectivity index (χ0) is 5.56. The maximum atomic E-state index is 10.6. The second-order valence-electron chi connectivity index (χ2n) is 2.37. The van der Waals surface area contributed by atoms with Gasteiger partial charge in [-0.15, -0.1) is 0 Å². The van der Waals surface area contributed by atoms with Gasteiger partial charge in [-0.2, -0.15) is 0 Å². The Morgan fingerprint density at radius 2 is 2.62 bits per heavy atom. The fourth-order valence-electron chi connectivity index (χ4n) is 1.33. The number of hydrogen-bond acceptors (Lipinski definition) is 2. The van der Waals surface area contributed by atoms with E-state index in [4.69, 9.17) is 4.74 Å².